The molecule has 4 aromatic rings. The SMILES string of the molecule is C=C[C@H]1C(n2cnc3/c(=N/Cc4oc(=O)oc4C)n(Cc4oc(=O)oc4C)c(F)nc32)CO[C@]1(C)CO[Si](C)(C)C(C)(C)C. The molecule has 0 aliphatic carbocycles. The fourth-order valence-electron chi connectivity index (χ4n) is 5.08. The second-order valence-corrected chi connectivity index (χ2v) is 17.6. The second-order valence-electron chi connectivity index (χ2n) is 12.8. The third-order valence-corrected chi connectivity index (χ3v) is 13.3. The first kappa shape index (κ1) is 31.6. The van der Waals surface area contributed by atoms with Gasteiger partial charge in [-0.25, -0.2) is 14.6 Å². The van der Waals surface area contributed by atoms with Crippen LogP contribution in [0.2, 0.25) is 18.1 Å². The van der Waals surface area contributed by atoms with E-state index in [1.165, 1.54) is 6.92 Å². The van der Waals surface area contributed by atoms with Gasteiger partial charge in [-0.1, -0.05) is 26.8 Å². The minimum atomic E-state index is -2.07. The lowest BCUT2D eigenvalue weighted by Gasteiger charge is -2.40. The van der Waals surface area contributed by atoms with E-state index < -0.39 is 31.6 Å². The van der Waals surface area contributed by atoms with Gasteiger partial charge in [-0.2, -0.15) is 9.37 Å². The number of rotatable bonds is 9. The maximum absolute atomic E-state index is 15.9. The predicted molar refractivity (Wildman–Crippen MR) is 158 cm³/mol. The number of hydrogen-bond acceptors (Lipinski definition) is 11. The Morgan fingerprint density at radius 1 is 1.16 bits per heavy atom. The summed E-state index contributed by atoms with van der Waals surface area (Å²) in [6.45, 7) is 20.4. The lowest BCUT2D eigenvalue weighted by Crippen LogP contribution is -2.47. The molecule has 1 aliphatic heterocycles. The van der Waals surface area contributed by atoms with Crippen LogP contribution < -0.4 is 17.1 Å². The van der Waals surface area contributed by atoms with E-state index in [4.69, 9.17) is 26.8 Å². The van der Waals surface area contributed by atoms with Gasteiger partial charge in [0.1, 0.15) is 18.1 Å². The molecule has 1 aliphatic rings. The number of nitrogens with zero attached hydrogens (tertiary/aromatic N) is 5. The normalized spacial score (nSPS) is 21.5. The molecule has 13 nitrogen and oxygen atoms in total. The Balaban J connectivity index is 1.58. The van der Waals surface area contributed by atoms with Crippen LogP contribution in [0.25, 0.3) is 11.2 Å². The van der Waals surface area contributed by atoms with E-state index in [1.807, 2.05) is 13.0 Å². The Kier molecular flexibility index (Phi) is 8.09. The molecule has 0 amide bonds. The maximum Gasteiger partial charge on any atom is 0.519 e. The van der Waals surface area contributed by atoms with Gasteiger partial charge >= 0.3 is 11.6 Å². The van der Waals surface area contributed by atoms with Crippen molar-refractivity contribution in [2.75, 3.05) is 13.2 Å². The summed E-state index contributed by atoms with van der Waals surface area (Å²) in [5, 5.41) is 0.0252. The molecule has 0 aromatic carbocycles. The molecule has 44 heavy (non-hydrogen) atoms. The van der Waals surface area contributed by atoms with E-state index in [1.54, 1.807) is 17.8 Å². The summed E-state index contributed by atoms with van der Waals surface area (Å²) in [6, 6.07) is -0.315. The van der Waals surface area contributed by atoms with Crippen LogP contribution >= 0.6 is 0 Å². The number of imidazole rings is 1. The van der Waals surface area contributed by atoms with Crippen molar-refractivity contribution < 1.29 is 31.2 Å². The monoisotopic (exact) mass is 631 g/mol. The van der Waals surface area contributed by atoms with Gasteiger partial charge in [0.2, 0.25) is 0 Å². The summed E-state index contributed by atoms with van der Waals surface area (Å²) in [5.74, 6) is -1.30. The number of aryl methyl sites for hydroxylation is 2. The van der Waals surface area contributed by atoms with Gasteiger partial charge in [0, 0.05) is 5.92 Å². The van der Waals surface area contributed by atoms with Crippen molar-refractivity contribution in [3.63, 3.8) is 0 Å². The molecule has 0 saturated carbocycles. The van der Waals surface area contributed by atoms with Crippen LogP contribution in [0.15, 0.2) is 51.2 Å². The number of hydrogen-bond donors (Lipinski definition) is 0. The van der Waals surface area contributed by atoms with Gasteiger partial charge < -0.3 is 31.4 Å². The highest BCUT2D eigenvalue weighted by Gasteiger charge is 2.48. The lowest BCUT2D eigenvalue weighted by molar-refractivity contribution is -0.0342. The zero-order valence-electron chi connectivity index (χ0n) is 26.2. The van der Waals surface area contributed by atoms with Gasteiger partial charge in [0.05, 0.1) is 37.7 Å². The Morgan fingerprint density at radius 3 is 2.36 bits per heavy atom. The molecule has 1 fully saturated rings. The van der Waals surface area contributed by atoms with E-state index in [9.17, 15) is 9.59 Å². The predicted octanol–water partition coefficient (Wildman–Crippen LogP) is 4.38. The number of ether oxygens (including phenoxy) is 1. The fourth-order valence-corrected chi connectivity index (χ4v) is 6.16. The summed E-state index contributed by atoms with van der Waals surface area (Å²) < 4.78 is 51.8. The van der Waals surface area contributed by atoms with Gasteiger partial charge in [-0.3, -0.25) is 9.56 Å². The molecular weight excluding hydrogens is 593 g/mol. The average Bonchev–Trinajstić information content (AvgIpc) is 3.66. The fraction of sp³-hybridized carbons (Fsp3) is 0.552. The number of aromatic nitrogens is 4. The highest BCUT2D eigenvalue weighted by Crippen LogP contribution is 2.43. The van der Waals surface area contributed by atoms with E-state index in [0.29, 0.717) is 13.2 Å². The van der Waals surface area contributed by atoms with Gasteiger partial charge in [0.15, 0.2) is 36.5 Å². The van der Waals surface area contributed by atoms with Crippen molar-refractivity contribution >= 4 is 19.5 Å². The molecule has 0 N–H and O–H groups in total. The zero-order chi connectivity index (χ0) is 32.2. The Bertz CT molecular complexity index is 1890. The first-order valence-electron chi connectivity index (χ1n) is 14.3. The minimum Gasteiger partial charge on any atom is -0.414 e. The van der Waals surface area contributed by atoms with Crippen LogP contribution in [0.4, 0.5) is 4.39 Å². The molecule has 0 radical (unpaired) electrons. The number of fused-ring (bicyclic) bond motifs is 1. The maximum atomic E-state index is 15.9. The molecule has 0 spiro atoms. The molecule has 1 unspecified atom stereocenters. The lowest BCUT2D eigenvalue weighted by atomic mass is 9.86. The van der Waals surface area contributed by atoms with Crippen molar-refractivity contribution in [2.45, 2.75) is 84.4 Å². The van der Waals surface area contributed by atoms with E-state index in [-0.39, 0.29) is 69.8 Å². The topological polar surface area (TPSA) is 153 Å². The van der Waals surface area contributed by atoms with Crippen molar-refractivity contribution in [1.29, 1.82) is 0 Å². The first-order valence-corrected chi connectivity index (χ1v) is 17.2. The van der Waals surface area contributed by atoms with Crippen molar-refractivity contribution in [3.8, 4) is 0 Å². The molecule has 238 valence electrons. The third kappa shape index (κ3) is 5.70. The molecule has 15 heteroatoms. The van der Waals surface area contributed by atoms with E-state index >= 15 is 4.39 Å². The quantitative estimate of drug-likeness (QED) is 0.148. The highest BCUT2D eigenvalue weighted by atomic mass is 28.4. The van der Waals surface area contributed by atoms with Crippen LogP contribution in [-0.2, 0) is 22.3 Å². The van der Waals surface area contributed by atoms with Crippen LogP contribution in [0, 0.1) is 25.8 Å². The molecule has 5 heterocycles. The van der Waals surface area contributed by atoms with Crippen molar-refractivity contribution in [2.24, 2.45) is 10.9 Å². The minimum absolute atomic E-state index is 0.0252. The third-order valence-electron chi connectivity index (χ3n) is 8.84. The van der Waals surface area contributed by atoms with Crippen LogP contribution in [0.5, 0.6) is 0 Å². The van der Waals surface area contributed by atoms with Crippen molar-refractivity contribution in [1.82, 2.24) is 19.1 Å². The Labute approximate surface area is 253 Å². The van der Waals surface area contributed by atoms with Crippen LogP contribution in [0.3, 0.4) is 0 Å². The smallest absolute Gasteiger partial charge is 0.414 e. The van der Waals surface area contributed by atoms with Gasteiger partial charge in [0.25, 0.3) is 6.08 Å². The summed E-state index contributed by atoms with van der Waals surface area (Å²) >= 11 is 0. The molecule has 1 saturated heterocycles. The molecule has 0 bridgehead atoms. The number of halogens is 1. The molecule has 5 rings (SSSR count). The molecule has 4 aromatic heterocycles. The van der Waals surface area contributed by atoms with Crippen LogP contribution in [0.1, 0.15) is 56.8 Å². The molecule has 3 atom stereocenters. The van der Waals surface area contributed by atoms with Crippen molar-refractivity contribution in [3.05, 3.63) is 74.8 Å². The van der Waals surface area contributed by atoms with Gasteiger partial charge in [-0.05, 0) is 38.9 Å². The standard InChI is InChI=1S/C29H38FN5O8Si/c1-10-18-19(13-38-29(18,7)14-39-44(8,9)28(4,5)6)35-15-32-22-23(31-11-20-16(2)40-26(36)42-20)34(25(30)33-24(22)35)12-21-17(3)41-27(37)43-21/h10,15,18-19H,1,11-14H2,2-9H3/b31-23-/t18-,19?,29+/m0/s1. The zero-order valence-corrected chi connectivity index (χ0v) is 27.2. The summed E-state index contributed by atoms with van der Waals surface area (Å²) in [7, 11) is -2.07. The van der Waals surface area contributed by atoms with Gasteiger partial charge in [-0.15, -0.1) is 6.58 Å². The first-order chi connectivity index (χ1) is 20.5. The Hall–Kier alpha value is -3.82. The van der Waals surface area contributed by atoms with E-state index in [2.05, 4.69) is 55.4 Å². The average molecular weight is 632 g/mol. The summed E-state index contributed by atoms with van der Waals surface area (Å²) in [4.78, 5) is 36.7. The summed E-state index contributed by atoms with van der Waals surface area (Å²) in [6.07, 6.45) is 2.49. The van der Waals surface area contributed by atoms with E-state index in [0.717, 1.165) is 4.57 Å². The summed E-state index contributed by atoms with van der Waals surface area (Å²) in [5.41, 5.74) is -0.113. The highest BCUT2D eigenvalue weighted by molar-refractivity contribution is 6.74. The molecular formula is C29H38FN5O8Si. The largest absolute Gasteiger partial charge is 0.519 e. The second kappa shape index (κ2) is 11.3. The van der Waals surface area contributed by atoms with Crippen LogP contribution in [-0.4, -0.2) is 46.2 Å². The Morgan fingerprint density at radius 2 is 1.80 bits per heavy atom.